The van der Waals surface area contributed by atoms with Crippen LogP contribution in [0.15, 0.2) is 29.6 Å². The van der Waals surface area contributed by atoms with Gasteiger partial charge in [-0.1, -0.05) is 18.2 Å². The Labute approximate surface area is 109 Å². The highest BCUT2D eigenvalue weighted by Crippen LogP contribution is 2.33. The number of carbonyl (C=O) groups is 1. The summed E-state index contributed by atoms with van der Waals surface area (Å²) in [5.41, 5.74) is 0.520. The van der Waals surface area contributed by atoms with Crippen LogP contribution in [-0.2, 0) is 11.3 Å². The van der Waals surface area contributed by atoms with Crippen LogP contribution in [0.3, 0.4) is 0 Å². The molecule has 0 unspecified atom stereocenters. The van der Waals surface area contributed by atoms with E-state index in [2.05, 4.69) is 22.8 Å². The first-order valence-electron chi connectivity index (χ1n) is 6.15. The first-order valence-corrected chi connectivity index (χ1v) is 7.03. The SMILES string of the molecule is O=C(O)C1(NCc2csc3ccccc23)CCC1. The summed E-state index contributed by atoms with van der Waals surface area (Å²) >= 11 is 1.71. The van der Waals surface area contributed by atoms with Crippen molar-refractivity contribution in [1.82, 2.24) is 5.32 Å². The van der Waals surface area contributed by atoms with Crippen LogP contribution in [0.4, 0.5) is 0 Å². The highest BCUT2D eigenvalue weighted by atomic mass is 32.1. The molecule has 1 aromatic heterocycles. The summed E-state index contributed by atoms with van der Waals surface area (Å²) in [4.78, 5) is 11.3. The van der Waals surface area contributed by atoms with Gasteiger partial charge in [0.15, 0.2) is 0 Å². The number of hydrogen-bond acceptors (Lipinski definition) is 3. The number of nitrogens with one attached hydrogen (secondary N) is 1. The van der Waals surface area contributed by atoms with Crippen LogP contribution in [-0.4, -0.2) is 16.6 Å². The zero-order chi connectivity index (χ0) is 12.6. The van der Waals surface area contributed by atoms with Crippen LogP contribution in [0.1, 0.15) is 24.8 Å². The summed E-state index contributed by atoms with van der Waals surface area (Å²) in [7, 11) is 0. The van der Waals surface area contributed by atoms with Gasteiger partial charge in [-0.15, -0.1) is 11.3 Å². The normalized spacial score (nSPS) is 17.6. The third kappa shape index (κ3) is 1.82. The van der Waals surface area contributed by atoms with Gasteiger partial charge in [0.2, 0.25) is 0 Å². The number of benzene rings is 1. The summed E-state index contributed by atoms with van der Waals surface area (Å²) in [5, 5.41) is 15.8. The number of rotatable bonds is 4. The van der Waals surface area contributed by atoms with Crippen LogP contribution in [0.2, 0.25) is 0 Å². The molecule has 0 spiro atoms. The number of aliphatic carboxylic acids is 1. The average Bonchev–Trinajstić information content (AvgIpc) is 2.71. The molecule has 3 rings (SSSR count). The van der Waals surface area contributed by atoms with Crippen molar-refractivity contribution in [3.8, 4) is 0 Å². The van der Waals surface area contributed by atoms with Crippen LogP contribution in [0, 0.1) is 0 Å². The van der Waals surface area contributed by atoms with Crippen molar-refractivity contribution in [3.63, 3.8) is 0 Å². The van der Waals surface area contributed by atoms with Crippen LogP contribution >= 0.6 is 11.3 Å². The summed E-state index contributed by atoms with van der Waals surface area (Å²) in [5.74, 6) is -0.715. The van der Waals surface area contributed by atoms with Crippen molar-refractivity contribution in [2.75, 3.05) is 0 Å². The molecule has 18 heavy (non-hydrogen) atoms. The molecule has 1 aliphatic carbocycles. The molecule has 0 radical (unpaired) electrons. The van der Waals surface area contributed by atoms with Crippen molar-refractivity contribution >= 4 is 27.4 Å². The quantitative estimate of drug-likeness (QED) is 0.889. The number of carboxylic acids is 1. The van der Waals surface area contributed by atoms with Gasteiger partial charge in [0, 0.05) is 11.2 Å². The molecule has 94 valence electrons. The molecular formula is C14H15NO2S. The van der Waals surface area contributed by atoms with E-state index in [1.807, 2.05) is 12.1 Å². The van der Waals surface area contributed by atoms with Crippen molar-refractivity contribution in [1.29, 1.82) is 0 Å². The van der Waals surface area contributed by atoms with Gasteiger partial charge in [0.1, 0.15) is 5.54 Å². The first-order chi connectivity index (χ1) is 8.71. The minimum Gasteiger partial charge on any atom is -0.480 e. The smallest absolute Gasteiger partial charge is 0.323 e. The van der Waals surface area contributed by atoms with Gasteiger partial charge in [0.25, 0.3) is 0 Å². The minimum absolute atomic E-state index is 0.635. The highest BCUT2D eigenvalue weighted by Gasteiger charge is 2.43. The van der Waals surface area contributed by atoms with Gasteiger partial charge in [-0.25, -0.2) is 0 Å². The zero-order valence-corrected chi connectivity index (χ0v) is 10.8. The van der Waals surface area contributed by atoms with Gasteiger partial charge < -0.3 is 5.11 Å². The lowest BCUT2D eigenvalue weighted by molar-refractivity contribution is -0.148. The van der Waals surface area contributed by atoms with Crippen molar-refractivity contribution < 1.29 is 9.90 Å². The molecule has 0 aliphatic heterocycles. The fraction of sp³-hybridized carbons (Fsp3) is 0.357. The standard InChI is InChI=1S/C14H15NO2S/c16-13(17)14(6-3-7-14)15-8-10-9-18-12-5-2-1-4-11(10)12/h1-2,4-5,9,15H,3,6-8H2,(H,16,17). The molecule has 1 aliphatic rings. The van der Waals surface area contributed by atoms with Gasteiger partial charge in [0.05, 0.1) is 0 Å². The Morgan fingerprint density at radius 3 is 2.83 bits per heavy atom. The van der Waals surface area contributed by atoms with E-state index in [9.17, 15) is 9.90 Å². The second-order valence-corrected chi connectivity index (χ2v) is 5.76. The molecule has 1 aromatic carbocycles. The molecule has 2 aromatic rings. The largest absolute Gasteiger partial charge is 0.480 e. The number of thiophene rings is 1. The second kappa shape index (κ2) is 4.37. The molecule has 3 nitrogen and oxygen atoms in total. The minimum atomic E-state index is -0.715. The molecule has 2 N–H and O–H groups in total. The van der Waals surface area contributed by atoms with Gasteiger partial charge in [-0.05, 0) is 41.7 Å². The lowest BCUT2D eigenvalue weighted by Crippen LogP contribution is -2.56. The van der Waals surface area contributed by atoms with Gasteiger partial charge >= 0.3 is 5.97 Å². The maximum atomic E-state index is 11.3. The fourth-order valence-electron chi connectivity index (χ4n) is 2.43. The molecule has 4 heteroatoms. The topological polar surface area (TPSA) is 49.3 Å². The predicted molar refractivity (Wildman–Crippen MR) is 72.9 cm³/mol. The first kappa shape index (κ1) is 11.7. The van der Waals surface area contributed by atoms with E-state index in [0.717, 1.165) is 19.3 Å². The molecule has 0 amide bonds. The van der Waals surface area contributed by atoms with E-state index in [1.165, 1.54) is 15.6 Å². The van der Waals surface area contributed by atoms with Crippen LogP contribution in [0.5, 0.6) is 0 Å². The van der Waals surface area contributed by atoms with E-state index >= 15 is 0 Å². The van der Waals surface area contributed by atoms with Gasteiger partial charge in [-0.2, -0.15) is 0 Å². The summed E-state index contributed by atoms with van der Waals surface area (Å²) in [6, 6.07) is 8.24. The number of fused-ring (bicyclic) bond motifs is 1. The number of carboxylic acid groups (broad SMARTS) is 1. The Morgan fingerprint density at radius 1 is 1.39 bits per heavy atom. The maximum Gasteiger partial charge on any atom is 0.323 e. The predicted octanol–water partition coefficient (Wildman–Crippen LogP) is 3.00. The summed E-state index contributed by atoms with van der Waals surface area (Å²) in [6.45, 7) is 0.635. The Hall–Kier alpha value is -1.39. The van der Waals surface area contributed by atoms with Gasteiger partial charge in [-0.3, -0.25) is 10.1 Å². The Bertz CT molecular complexity index is 586. The third-order valence-corrected chi connectivity index (χ3v) is 4.81. The van der Waals surface area contributed by atoms with E-state index in [4.69, 9.17) is 0 Å². The lowest BCUT2D eigenvalue weighted by Gasteiger charge is -2.38. The third-order valence-electron chi connectivity index (χ3n) is 3.79. The Balaban J connectivity index is 1.79. The lowest BCUT2D eigenvalue weighted by atomic mass is 9.76. The van der Waals surface area contributed by atoms with E-state index in [1.54, 1.807) is 11.3 Å². The highest BCUT2D eigenvalue weighted by molar-refractivity contribution is 7.17. The molecule has 1 heterocycles. The molecule has 0 atom stereocenters. The van der Waals surface area contributed by atoms with Crippen LogP contribution < -0.4 is 5.32 Å². The monoisotopic (exact) mass is 261 g/mol. The summed E-state index contributed by atoms with van der Waals surface area (Å²) in [6.07, 6.45) is 2.48. The summed E-state index contributed by atoms with van der Waals surface area (Å²) < 4.78 is 1.26. The molecule has 0 bridgehead atoms. The maximum absolute atomic E-state index is 11.3. The van der Waals surface area contributed by atoms with Crippen molar-refractivity contribution in [3.05, 3.63) is 35.2 Å². The average molecular weight is 261 g/mol. The fourth-order valence-corrected chi connectivity index (χ4v) is 3.39. The van der Waals surface area contributed by atoms with Crippen LogP contribution in [0.25, 0.3) is 10.1 Å². The number of hydrogen-bond donors (Lipinski definition) is 2. The second-order valence-electron chi connectivity index (χ2n) is 4.85. The molecule has 1 saturated carbocycles. The van der Waals surface area contributed by atoms with E-state index < -0.39 is 11.5 Å². The molecular weight excluding hydrogens is 246 g/mol. The zero-order valence-electron chi connectivity index (χ0n) is 9.98. The molecule has 0 saturated heterocycles. The van der Waals surface area contributed by atoms with E-state index in [0.29, 0.717) is 6.54 Å². The van der Waals surface area contributed by atoms with Crippen molar-refractivity contribution in [2.45, 2.75) is 31.3 Å². The Morgan fingerprint density at radius 2 is 2.17 bits per heavy atom. The Kier molecular flexibility index (Phi) is 2.84. The molecule has 1 fully saturated rings. The van der Waals surface area contributed by atoms with E-state index in [-0.39, 0.29) is 0 Å². The van der Waals surface area contributed by atoms with Crippen molar-refractivity contribution in [2.24, 2.45) is 0 Å².